The summed E-state index contributed by atoms with van der Waals surface area (Å²) in [6, 6.07) is 13.4. The maximum Gasteiger partial charge on any atom is 0.123 e. The van der Waals surface area contributed by atoms with Crippen molar-refractivity contribution < 1.29 is 8.78 Å². The molecule has 1 saturated heterocycles. The fourth-order valence-electron chi connectivity index (χ4n) is 3.46. The maximum absolute atomic E-state index is 13.2. The second-order valence-corrected chi connectivity index (χ2v) is 6.51. The number of halogens is 2. The van der Waals surface area contributed by atoms with Gasteiger partial charge in [-0.25, -0.2) is 8.78 Å². The highest BCUT2D eigenvalue weighted by molar-refractivity contribution is 5.32. The first-order chi connectivity index (χ1) is 11.7. The summed E-state index contributed by atoms with van der Waals surface area (Å²) in [4.78, 5) is 2.51. The lowest BCUT2D eigenvalue weighted by atomic mass is 9.87. The molecule has 24 heavy (non-hydrogen) atoms. The average Bonchev–Trinajstić information content (AvgIpc) is 2.62. The summed E-state index contributed by atoms with van der Waals surface area (Å²) in [5.41, 5.74) is 2.19. The number of likely N-dealkylation sites (tertiary alicyclic amines) is 1. The van der Waals surface area contributed by atoms with E-state index in [0.717, 1.165) is 43.6 Å². The lowest BCUT2D eigenvalue weighted by Crippen LogP contribution is -2.31. The SMILES string of the molecule is Fc1ccc(C(CCCN2CC[CH]CC2)c2ccc(F)cc2)cc1. The molecule has 0 spiro atoms. The van der Waals surface area contributed by atoms with E-state index in [0.29, 0.717) is 0 Å². The third-order valence-electron chi connectivity index (χ3n) is 4.81. The first-order valence-electron chi connectivity index (χ1n) is 8.77. The van der Waals surface area contributed by atoms with Gasteiger partial charge < -0.3 is 4.90 Å². The number of benzene rings is 2. The molecule has 0 amide bonds. The van der Waals surface area contributed by atoms with Crippen molar-refractivity contribution in [3.8, 4) is 0 Å². The quantitative estimate of drug-likeness (QED) is 0.706. The Morgan fingerprint density at radius 1 is 0.792 bits per heavy atom. The molecule has 2 aromatic rings. The minimum Gasteiger partial charge on any atom is -0.303 e. The predicted molar refractivity (Wildman–Crippen MR) is 93.9 cm³/mol. The molecule has 1 aliphatic rings. The minimum absolute atomic E-state index is 0.183. The molecule has 127 valence electrons. The van der Waals surface area contributed by atoms with Crippen LogP contribution in [-0.2, 0) is 0 Å². The summed E-state index contributed by atoms with van der Waals surface area (Å²) in [6.07, 6.45) is 6.78. The lowest BCUT2D eigenvalue weighted by Gasteiger charge is -2.27. The Balaban J connectivity index is 1.69. The molecule has 0 aromatic heterocycles. The molecule has 0 aliphatic carbocycles. The van der Waals surface area contributed by atoms with Crippen LogP contribution < -0.4 is 0 Å². The molecule has 0 saturated carbocycles. The van der Waals surface area contributed by atoms with Gasteiger partial charge in [-0.3, -0.25) is 0 Å². The van der Waals surface area contributed by atoms with E-state index in [1.807, 2.05) is 24.3 Å². The fraction of sp³-hybridized carbons (Fsp3) is 0.381. The standard InChI is InChI=1S/C21H24F2N/c22-19-10-6-17(7-11-19)21(18-8-12-20(23)13-9-18)5-4-16-24-14-2-1-3-15-24/h1,6-13,21H,2-5,14-16H2. The largest absolute Gasteiger partial charge is 0.303 e. The zero-order valence-corrected chi connectivity index (χ0v) is 13.9. The van der Waals surface area contributed by atoms with E-state index in [4.69, 9.17) is 0 Å². The fourth-order valence-corrected chi connectivity index (χ4v) is 3.46. The lowest BCUT2D eigenvalue weighted by molar-refractivity contribution is 0.248. The van der Waals surface area contributed by atoms with Crippen molar-refractivity contribution in [2.75, 3.05) is 19.6 Å². The number of piperidine rings is 1. The number of hydrogen-bond donors (Lipinski definition) is 0. The zero-order chi connectivity index (χ0) is 16.8. The Hall–Kier alpha value is -1.74. The summed E-state index contributed by atoms with van der Waals surface area (Å²) >= 11 is 0. The summed E-state index contributed by atoms with van der Waals surface area (Å²) in [5, 5.41) is 0. The molecular formula is C21H24F2N. The molecule has 0 atom stereocenters. The van der Waals surface area contributed by atoms with Gasteiger partial charge in [0.25, 0.3) is 0 Å². The average molecular weight is 328 g/mol. The van der Waals surface area contributed by atoms with Crippen molar-refractivity contribution in [2.24, 2.45) is 0 Å². The number of nitrogens with zero attached hydrogens (tertiary/aromatic N) is 1. The Labute approximate surface area is 143 Å². The van der Waals surface area contributed by atoms with Crippen LogP contribution in [0.2, 0.25) is 0 Å². The van der Waals surface area contributed by atoms with Crippen molar-refractivity contribution in [2.45, 2.75) is 31.6 Å². The molecule has 0 N–H and O–H groups in total. The van der Waals surface area contributed by atoms with E-state index >= 15 is 0 Å². The summed E-state index contributed by atoms with van der Waals surface area (Å²) in [5.74, 6) is -0.259. The van der Waals surface area contributed by atoms with E-state index in [2.05, 4.69) is 11.3 Å². The van der Waals surface area contributed by atoms with Gasteiger partial charge in [0.05, 0.1) is 0 Å². The Morgan fingerprint density at radius 3 is 1.79 bits per heavy atom. The molecule has 1 heterocycles. The zero-order valence-electron chi connectivity index (χ0n) is 13.9. The van der Waals surface area contributed by atoms with Gasteiger partial charge in [0.1, 0.15) is 11.6 Å². The van der Waals surface area contributed by atoms with Crippen LogP contribution in [0, 0.1) is 18.1 Å². The van der Waals surface area contributed by atoms with E-state index < -0.39 is 0 Å². The van der Waals surface area contributed by atoms with Crippen LogP contribution in [0.4, 0.5) is 8.78 Å². The van der Waals surface area contributed by atoms with Crippen LogP contribution in [0.3, 0.4) is 0 Å². The van der Waals surface area contributed by atoms with Crippen molar-refractivity contribution in [1.82, 2.24) is 4.90 Å². The Kier molecular flexibility index (Phi) is 5.97. The van der Waals surface area contributed by atoms with Crippen LogP contribution >= 0.6 is 0 Å². The first-order valence-corrected chi connectivity index (χ1v) is 8.77. The molecule has 1 fully saturated rings. The van der Waals surface area contributed by atoms with Crippen LogP contribution in [-0.4, -0.2) is 24.5 Å². The smallest absolute Gasteiger partial charge is 0.123 e. The first kappa shape index (κ1) is 17.1. The van der Waals surface area contributed by atoms with Crippen LogP contribution in [0.5, 0.6) is 0 Å². The van der Waals surface area contributed by atoms with Gasteiger partial charge in [0.2, 0.25) is 0 Å². The van der Waals surface area contributed by atoms with E-state index in [9.17, 15) is 8.78 Å². The highest BCUT2D eigenvalue weighted by Crippen LogP contribution is 2.30. The van der Waals surface area contributed by atoms with E-state index in [-0.39, 0.29) is 17.6 Å². The van der Waals surface area contributed by atoms with Gasteiger partial charge in [-0.15, -0.1) is 0 Å². The summed E-state index contributed by atoms with van der Waals surface area (Å²) < 4.78 is 26.5. The normalized spacial score (nSPS) is 15.8. The topological polar surface area (TPSA) is 3.24 Å². The second kappa shape index (κ2) is 8.39. The summed E-state index contributed by atoms with van der Waals surface area (Å²) in [7, 11) is 0. The van der Waals surface area contributed by atoms with Gasteiger partial charge in [-0.1, -0.05) is 24.3 Å². The van der Waals surface area contributed by atoms with Crippen molar-refractivity contribution >= 4 is 0 Å². The van der Waals surface area contributed by atoms with Crippen molar-refractivity contribution in [1.29, 1.82) is 0 Å². The Bertz CT molecular complexity index is 570. The summed E-state index contributed by atoms with van der Waals surface area (Å²) in [6.45, 7) is 3.39. The van der Waals surface area contributed by atoms with Gasteiger partial charge in [-0.05, 0) is 87.1 Å². The molecular weight excluding hydrogens is 304 g/mol. The molecule has 1 nitrogen and oxygen atoms in total. The van der Waals surface area contributed by atoms with Gasteiger partial charge in [0, 0.05) is 5.92 Å². The van der Waals surface area contributed by atoms with Crippen LogP contribution in [0.25, 0.3) is 0 Å². The van der Waals surface area contributed by atoms with Crippen LogP contribution in [0.15, 0.2) is 48.5 Å². The second-order valence-electron chi connectivity index (χ2n) is 6.51. The van der Waals surface area contributed by atoms with E-state index in [1.165, 1.54) is 37.1 Å². The van der Waals surface area contributed by atoms with Gasteiger partial charge in [-0.2, -0.15) is 0 Å². The van der Waals surface area contributed by atoms with Gasteiger partial charge in [0.15, 0.2) is 0 Å². The molecule has 1 aliphatic heterocycles. The third kappa shape index (κ3) is 4.64. The minimum atomic E-state index is -0.221. The van der Waals surface area contributed by atoms with Gasteiger partial charge >= 0.3 is 0 Å². The highest BCUT2D eigenvalue weighted by Gasteiger charge is 2.16. The van der Waals surface area contributed by atoms with Crippen LogP contribution in [0.1, 0.15) is 42.7 Å². The molecule has 2 aromatic carbocycles. The maximum atomic E-state index is 13.2. The van der Waals surface area contributed by atoms with Crippen molar-refractivity contribution in [3.05, 3.63) is 77.7 Å². The van der Waals surface area contributed by atoms with Crippen molar-refractivity contribution in [3.63, 3.8) is 0 Å². The Morgan fingerprint density at radius 2 is 1.29 bits per heavy atom. The van der Waals surface area contributed by atoms with E-state index in [1.54, 1.807) is 0 Å². The molecule has 0 unspecified atom stereocenters. The molecule has 3 heteroatoms. The third-order valence-corrected chi connectivity index (χ3v) is 4.81. The molecule has 0 bridgehead atoms. The number of rotatable bonds is 6. The number of hydrogen-bond acceptors (Lipinski definition) is 1. The highest BCUT2D eigenvalue weighted by atomic mass is 19.1. The molecule has 1 radical (unpaired) electrons. The monoisotopic (exact) mass is 328 g/mol. The molecule has 3 rings (SSSR count). The predicted octanol–water partition coefficient (Wildman–Crippen LogP) is 5.18.